The fraction of sp³-hybridized carbons (Fsp3) is 0.320. The highest BCUT2D eigenvalue weighted by molar-refractivity contribution is 6.34. The fourth-order valence-electron chi connectivity index (χ4n) is 4.62. The first-order valence-corrected chi connectivity index (χ1v) is 11.6. The third-order valence-corrected chi connectivity index (χ3v) is 6.69. The molecule has 1 aliphatic heterocycles. The molecule has 1 saturated heterocycles. The number of fused-ring (bicyclic) bond motifs is 1. The van der Waals surface area contributed by atoms with E-state index in [2.05, 4.69) is 5.10 Å². The van der Waals surface area contributed by atoms with Crippen molar-refractivity contribution in [2.75, 3.05) is 13.1 Å². The average molecular weight is 524 g/mol. The second kappa shape index (κ2) is 8.69. The van der Waals surface area contributed by atoms with Gasteiger partial charge in [-0.2, -0.15) is 23.0 Å². The topological polar surface area (TPSA) is 55.2 Å². The molecule has 3 aromatic rings. The molecule has 0 spiro atoms. The molecule has 1 aromatic heterocycles. The summed E-state index contributed by atoms with van der Waals surface area (Å²) in [5.41, 5.74) is -0.599. The van der Waals surface area contributed by atoms with Gasteiger partial charge in [0.2, 0.25) is 0 Å². The molecule has 5 rings (SSSR count). The molecule has 2 aliphatic rings. The molecular formula is C25H19ClF5N3O2. The Morgan fingerprint density at radius 2 is 1.78 bits per heavy atom. The Morgan fingerprint density at radius 3 is 2.42 bits per heavy atom. The number of amides is 1. The van der Waals surface area contributed by atoms with E-state index in [1.54, 1.807) is 6.07 Å². The van der Waals surface area contributed by atoms with E-state index < -0.39 is 53.2 Å². The van der Waals surface area contributed by atoms with Crippen molar-refractivity contribution in [2.45, 2.75) is 37.8 Å². The average Bonchev–Trinajstić information content (AvgIpc) is 3.20. The molecule has 1 fully saturated rings. The first kappa shape index (κ1) is 24.4. The number of nitrogens with zero attached hydrogens (tertiary/aromatic N) is 3. The van der Waals surface area contributed by atoms with E-state index in [1.165, 1.54) is 18.2 Å². The normalized spacial score (nSPS) is 17.6. The van der Waals surface area contributed by atoms with Gasteiger partial charge in [0, 0.05) is 10.9 Å². The number of alkyl halides is 5. The standard InChI is InChI=1S/C25H19ClF5N3O2/c26-18-8-4-7-17(25(29,30)31)20(18)23(36)34-19-11-15(22(35)33-12-24(27,28)13-33)9-10-16(19)21(32-34)14-5-2-1-3-6-14/h4-5,7-11H,1-3,6,12-13H2. The number of rotatable bonds is 3. The largest absolute Gasteiger partial charge is 0.417 e. The van der Waals surface area contributed by atoms with Crippen molar-refractivity contribution in [1.29, 1.82) is 0 Å². The van der Waals surface area contributed by atoms with Crippen molar-refractivity contribution in [3.8, 4) is 0 Å². The number of allylic oxidation sites excluding steroid dienone is 2. The number of benzene rings is 2. The molecule has 188 valence electrons. The van der Waals surface area contributed by atoms with Gasteiger partial charge in [-0.15, -0.1) is 0 Å². The number of halogens is 6. The van der Waals surface area contributed by atoms with Crippen LogP contribution in [0.3, 0.4) is 0 Å². The van der Waals surface area contributed by atoms with E-state index in [0.29, 0.717) is 17.5 Å². The molecule has 2 aromatic carbocycles. The van der Waals surface area contributed by atoms with Crippen LogP contribution in [0, 0.1) is 0 Å². The van der Waals surface area contributed by atoms with Gasteiger partial charge in [0.1, 0.15) is 0 Å². The Kier molecular flexibility index (Phi) is 5.89. The number of hydrogen-bond acceptors (Lipinski definition) is 3. The van der Waals surface area contributed by atoms with E-state index in [4.69, 9.17) is 11.6 Å². The van der Waals surface area contributed by atoms with Crippen LogP contribution in [0.15, 0.2) is 42.5 Å². The van der Waals surface area contributed by atoms with Crippen molar-refractivity contribution in [1.82, 2.24) is 14.7 Å². The van der Waals surface area contributed by atoms with Gasteiger partial charge in [0.25, 0.3) is 17.7 Å². The highest BCUT2D eigenvalue weighted by Gasteiger charge is 2.46. The lowest BCUT2D eigenvalue weighted by atomic mass is 9.95. The summed E-state index contributed by atoms with van der Waals surface area (Å²) < 4.78 is 68.6. The molecule has 5 nitrogen and oxygen atoms in total. The van der Waals surface area contributed by atoms with Gasteiger partial charge in [-0.1, -0.05) is 23.7 Å². The van der Waals surface area contributed by atoms with E-state index >= 15 is 0 Å². The lowest BCUT2D eigenvalue weighted by molar-refractivity contribution is -0.137. The molecule has 0 saturated carbocycles. The van der Waals surface area contributed by atoms with E-state index in [0.717, 1.165) is 46.6 Å². The molecule has 0 unspecified atom stereocenters. The lowest BCUT2D eigenvalue weighted by Gasteiger charge is -2.38. The summed E-state index contributed by atoms with van der Waals surface area (Å²) in [6.07, 6.45) is 0.449. The first-order chi connectivity index (χ1) is 17.0. The minimum Gasteiger partial charge on any atom is -0.326 e. The summed E-state index contributed by atoms with van der Waals surface area (Å²) in [4.78, 5) is 27.2. The summed E-state index contributed by atoms with van der Waals surface area (Å²) in [6.45, 7) is -1.45. The molecule has 0 atom stereocenters. The molecule has 11 heteroatoms. The van der Waals surface area contributed by atoms with Crippen LogP contribution in [-0.4, -0.2) is 45.5 Å². The van der Waals surface area contributed by atoms with Crippen LogP contribution in [0.1, 0.15) is 57.7 Å². The number of carbonyl (C=O) groups excluding carboxylic acids is 2. The van der Waals surface area contributed by atoms with Gasteiger partial charge in [0.15, 0.2) is 0 Å². The number of carbonyl (C=O) groups is 2. The molecule has 0 N–H and O–H groups in total. The zero-order valence-corrected chi connectivity index (χ0v) is 19.5. The molecule has 1 aliphatic carbocycles. The Labute approximate surface area is 207 Å². The van der Waals surface area contributed by atoms with E-state index in [1.807, 2.05) is 6.08 Å². The SMILES string of the molecule is O=C(c1ccc2c(C3=CCCCC3)nn(C(=O)c3c(Cl)cccc3C(F)(F)F)c2c1)N1CC(F)(F)C1. The maximum absolute atomic E-state index is 13.7. The van der Waals surface area contributed by atoms with Crippen LogP contribution in [0.4, 0.5) is 22.0 Å². The van der Waals surface area contributed by atoms with Crippen molar-refractivity contribution in [2.24, 2.45) is 0 Å². The first-order valence-electron chi connectivity index (χ1n) is 11.3. The van der Waals surface area contributed by atoms with Crippen LogP contribution < -0.4 is 0 Å². The number of likely N-dealkylation sites (tertiary alicyclic amines) is 1. The van der Waals surface area contributed by atoms with Gasteiger partial charge in [-0.25, -0.2) is 8.78 Å². The minimum atomic E-state index is -4.85. The highest BCUT2D eigenvalue weighted by atomic mass is 35.5. The van der Waals surface area contributed by atoms with Crippen LogP contribution >= 0.6 is 11.6 Å². The van der Waals surface area contributed by atoms with Gasteiger partial charge in [-0.3, -0.25) is 9.59 Å². The molecule has 0 bridgehead atoms. The molecular weight excluding hydrogens is 505 g/mol. The maximum atomic E-state index is 13.7. The Hall–Kier alpha value is -3.27. The van der Waals surface area contributed by atoms with Crippen molar-refractivity contribution in [3.63, 3.8) is 0 Å². The second-order valence-electron chi connectivity index (χ2n) is 8.95. The molecule has 36 heavy (non-hydrogen) atoms. The summed E-state index contributed by atoms with van der Waals surface area (Å²) in [6, 6.07) is 7.32. The Balaban J connectivity index is 1.67. The third kappa shape index (κ3) is 4.27. The van der Waals surface area contributed by atoms with E-state index in [9.17, 15) is 31.5 Å². The Morgan fingerprint density at radius 1 is 1.03 bits per heavy atom. The predicted molar refractivity (Wildman–Crippen MR) is 123 cm³/mol. The van der Waals surface area contributed by atoms with Gasteiger partial charge in [-0.05, 0) is 61.6 Å². The smallest absolute Gasteiger partial charge is 0.326 e. The summed E-state index contributed by atoms with van der Waals surface area (Å²) >= 11 is 6.06. The van der Waals surface area contributed by atoms with Crippen LogP contribution in [-0.2, 0) is 6.18 Å². The number of hydrogen-bond donors (Lipinski definition) is 0. The zero-order chi connectivity index (χ0) is 25.8. The summed E-state index contributed by atoms with van der Waals surface area (Å²) in [5.74, 6) is -4.74. The molecule has 1 amide bonds. The highest BCUT2D eigenvalue weighted by Crippen LogP contribution is 2.37. The lowest BCUT2D eigenvalue weighted by Crippen LogP contribution is -2.58. The third-order valence-electron chi connectivity index (χ3n) is 6.38. The second-order valence-corrected chi connectivity index (χ2v) is 9.36. The van der Waals surface area contributed by atoms with Crippen LogP contribution in [0.2, 0.25) is 5.02 Å². The van der Waals surface area contributed by atoms with Crippen molar-refractivity contribution >= 4 is 39.9 Å². The van der Waals surface area contributed by atoms with Crippen molar-refractivity contribution < 1.29 is 31.5 Å². The van der Waals surface area contributed by atoms with Crippen LogP contribution in [0.5, 0.6) is 0 Å². The fourth-order valence-corrected chi connectivity index (χ4v) is 4.87. The quantitative estimate of drug-likeness (QED) is 0.371. The van der Waals surface area contributed by atoms with Gasteiger partial charge >= 0.3 is 6.18 Å². The summed E-state index contributed by atoms with van der Waals surface area (Å²) in [5, 5.41) is 4.45. The van der Waals surface area contributed by atoms with Crippen molar-refractivity contribution in [3.05, 3.63) is 69.9 Å². The van der Waals surface area contributed by atoms with Gasteiger partial charge < -0.3 is 4.90 Å². The van der Waals surface area contributed by atoms with Crippen LogP contribution in [0.25, 0.3) is 16.5 Å². The zero-order valence-electron chi connectivity index (χ0n) is 18.7. The molecule has 0 radical (unpaired) electrons. The minimum absolute atomic E-state index is 0.0197. The summed E-state index contributed by atoms with van der Waals surface area (Å²) in [7, 11) is 0. The predicted octanol–water partition coefficient (Wildman–Crippen LogP) is 6.45. The van der Waals surface area contributed by atoms with Gasteiger partial charge in [0.05, 0.1) is 40.4 Å². The van der Waals surface area contributed by atoms with E-state index in [-0.39, 0.29) is 11.1 Å². The molecule has 2 heterocycles. The monoisotopic (exact) mass is 523 g/mol. The maximum Gasteiger partial charge on any atom is 0.417 e. The number of aromatic nitrogens is 2. The Bertz CT molecular complexity index is 1420.